The van der Waals surface area contributed by atoms with Crippen molar-refractivity contribution in [3.05, 3.63) is 54.1 Å². The molecular weight excluding hydrogens is 282 g/mol. The fourth-order valence-electron chi connectivity index (χ4n) is 1.84. The SMILES string of the molecule is CCOc1ccc(NC(=O)c2ccc(OC(C)=O)cc2)cc1. The predicted octanol–water partition coefficient (Wildman–Crippen LogP) is 3.26. The molecule has 2 aromatic carbocycles. The van der Waals surface area contributed by atoms with E-state index >= 15 is 0 Å². The number of anilines is 1. The van der Waals surface area contributed by atoms with Crippen molar-refractivity contribution in [2.45, 2.75) is 13.8 Å². The van der Waals surface area contributed by atoms with E-state index in [2.05, 4.69) is 5.32 Å². The number of nitrogens with one attached hydrogen (secondary N) is 1. The molecule has 0 saturated heterocycles. The number of esters is 1. The van der Waals surface area contributed by atoms with Crippen LogP contribution in [0.1, 0.15) is 24.2 Å². The second-order valence-electron chi connectivity index (χ2n) is 4.53. The Balaban J connectivity index is 2.00. The quantitative estimate of drug-likeness (QED) is 0.680. The number of carbonyl (C=O) groups excluding carboxylic acids is 2. The number of amides is 1. The van der Waals surface area contributed by atoms with E-state index in [9.17, 15) is 9.59 Å². The molecule has 0 spiro atoms. The van der Waals surface area contributed by atoms with Crippen LogP contribution in [0.25, 0.3) is 0 Å². The van der Waals surface area contributed by atoms with Gasteiger partial charge in [-0.2, -0.15) is 0 Å². The zero-order valence-corrected chi connectivity index (χ0v) is 12.5. The van der Waals surface area contributed by atoms with Crippen LogP contribution in [0.5, 0.6) is 11.5 Å². The maximum Gasteiger partial charge on any atom is 0.308 e. The lowest BCUT2D eigenvalue weighted by Crippen LogP contribution is -2.11. The van der Waals surface area contributed by atoms with Crippen molar-refractivity contribution in [2.75, 3.05) is 11.9 Å². The van der Waals surface area contributed by atoms with Crippen molar-refractivity contribution in [3.63, 3.8) is 0 Å². The molecule has 0 bridgehead atoms. The first-order chi connectivity index (χ1) is 10.6. The Morgan fingerprint density at radius 3 is 2.09 bits per heavy atom. The van der Waals surface area contributed by atoms with Gasteiger partial charge in [0.1, 0.15) is 11.5 Å². The topological polar surface area (TPSA) is 64.6 Å². The normalized spacial score (nSPS) is 9.91. The van der Waals surface area contributed by atoms with Gasteiger partial charge in [-0.1, -0.05) is 0 Å². The number of hydrogen-bond donors (Lipinski definition) is 1. The molecule has 0 aromatic heterocycles. The number of rotatable bonds is 5. The molecule has 1 amide bonds. The van der Waals surface area contributed by atoms with Crippen LogP contribution in [0.4, 0.5) is 5.69 Å². The number of hydrogen-bond acceptors (Lipinski definition) is 4. The Hall–Kier alpha value is -2.82. The number of benzene rings is 2. The molecule has 0 aliphatic rings. The minimum atomic E-state index is -0.397. The van der Waals surface area contributed by atoms with E-state index in [4.69, 9.17) is 9.47 Å². The Morgan fingerprint density at radius 2 is 1.55 bits per heavy atom. The van der Waals surface area contributed by atoms with Crippen molar-refractivity contribution in [2.24, 2.45) is 0 Å². The molecule has 0 unspecified atom stereocenters. The molecule has 2 aromatic rings. The van der Waals surface area contributed by atoms with Crippen LogP contribution >= 0.6 is 0 Å². The van der Waals surface area contributed by atoms with Gasteiger partial charge in [0.05, 0.1) is 6.61 Å². The Morgan fingerprint density at radius 1 is 0.955 bits per heavy atom. The molecule has 0 heterocycles. The highest BCUT2D eigenvalue weighted by atomic mass is 16.5. The molecule has 114 valence electrons. The molecule has 2 rings (SSSR count). The van der Waals surface area contributed by atoms with E-state index in [0.717, 1.165) is 5.75 Å². The average molecular weight is 299 g/mol. The largest absolute Gasteiger partial charge is 0.494 e. The van der Waals surface area contributed by atoms with Crippen LogP contribution < -0.4 is 14.8 Å². The smallest absolute Gasteiger partial charge is 0.308 e. The summed E-state index contributed by atoms with van der Waals surface area (Å²) < 4.78 is 10.3. The van der Waals surface area contributed by atoms with Gasteiger partial charge in [0, 0.05) is 18.2 Å². The lowest BCUT2D eigenvalue weighted by Gasteiger charge is -2.08. The molecule has 0 fully saturated rings. The van der Waals surface area contributed by atoms with Gasteiger partial charge >= 0.3 is 5.97 Å². The fraction of sp³-hybridized carbons (Fsp3) is 0.176. The maximum atomic E-state index is 12.1. The minimum Gasteiger partial charge on any atom is -0.494 e. The highest BCUT2D eigenvalue weighted by Crippen LogP contribution is 2.17. The standard InChI is InChI=1S/C17H17NO4/c1-3-21-15-10-6-14(7-11-15)18-17(20)13-4-8-16(9-5-13)22-12(2)19/h4-11H,3H2,1-2H3,(H,18,20). The monoisotopic (exact) mass is 299 g/mol. The number of ether oxygens (including phenoxy) is 2. The van der Waals surface area contributed by atoms with Gasteiger partial charge < -0.3 is 14.8 Å². The van der Waals surface area contributed by atoms with Gasteiger partial charge in [0.15, 0.2) is 0 Å². The predicted molar refractivity (Wildman–Crippen MR) is 83.3 cm³/mol. The van der Waals surface area contributed by atoms with Gasteiger partial charge in [-0.05, 0) is 55.5 Å². The molecule has 5 nitrogen and oxygen atoms in total. The van der Waals surface area contributed by atoms with Crippen LogP contribution in [0.15, 0.2) is 48.5 Å². The van der Waals surface area contributed by atoms with Crippen molar-refractivity contribution in [3.8, 4) is 11.5 Å². The molecule has 0 saturated carbocycles. The highest BCUT2D eigenvalue weighted by Gasteiger charge is 2.07. The summed E-state index contributed by atoms with van der Waals surface area (Å²) in [4.78, 5) is 22.9. The molecular formula is C17H17NO4. The summed E-state index contributed by atoms with van der Waals surface area (Å²) in [6, 6.07) is 13.5. The zero-order valence-electron chi connectivity index (χ0n) is 12.5. The van der Waals surface area contributed by atoms with Crippen molar-refractivity contribution < 1.29 is 19.1 Å². The van der Waals surface area contributed by atoms with Crippen molar-refractivity contribution in [1.29, 1.82) is 0 Å². The number of carbonyl (C=O) groups is 2. The molecule has 0 aliphatic heterocycles. The van der Waals surface area contributed by atoms with Crippen LogP contribution in [0.3, 0.4) is 0 Å². The van der Waals surface area contributed by atoms with Crippen molar-refractivity contribution in [1.82, 2.24) is 0 Å². The molecule has 0 radical (unpaired) electrons. The lowest BCUT2D eigenvalue weighted by atomic mass is 10.2. The van der Waals surface area contributed by atoms with E-state index in [-0.39, 0.29) is 5.91 Å². The second kappa shape index (κ2) is 7.26. The zero-order chi connectivity index (χ0) is 15.9. The van der Waals surface area contributed by atoms with Gasteiger partial charge in [-0.25, -0.2) is 0 Å². The molecule has 1 N–H and O–H groups in total. The van der Waals surface area contributed by atoms with E-state index < -0.39 is 5.97 Å². The van der Waals surface area contributed by atoms with Gasteiger partial charge in [0.2, 0.25) is 0 Å². The van der Waals surface area contributed by atoms with E-state index in [1.54, 1.807) is 48.5 Å². The molecule has 0 atom stereocenters. The first-order valence-corrected chi connectivity index (χ1v) is 6.91. The van der Waals surface area contributed by atoms with Gasteiger partial charge in [-0.15, -0.1) is 0 Å². The summed E-state index contributed by atoms with van der Waals surface area (Å²) in [6.07, 6.45) is 0. The third kappa shape index (κ3) is 4.34. The van der Waals surface area contributed by atoms with Gasteiger partial charge in [0.25, 0.3) is 5.91 Å². The Bertz CT molecular complexity index is 647. The van der Waals surface area contributed by atoms with Crippen LogP contribution in [-0.4, -0.2) is 18.5 Å². The second-order valence-corrected chi connectivity index (χ2v) is 4.53. The van der Waals surface area contributed by atoms with E-state index in [1.165, 1.54) is 6.92 Å². The lowest BCUT2D eigenvalue weighted by molar-refractivity contribution is -0.131. The summed E-state index contributed by atoms with van der Waals surface area (Å²) in [5.41, 5.74) is 1.15. The first kappa shape index (κ1) is 15.6. The summed E-state index contributed by atoms with van der Waals surface area (Å²) in [7, 11) is 0. The van der Waals surface area contributed by atoms with Gasteiger partial charge in [-0.3, -0.25) is 9.59 Å². The maximum absolute atomic E-state index is 12.1. The summed E-state index contributed by atoms with van der Waals surface area (Å²) in [6.45, 7) is 3.84. The summed E-state index contributed by atoms with van der Waals surface area (Å²) >= 11 is 0. The fourth-order valence-corrected chi connectivity index (χ4v) is 1.84. The third-order valence-electron chi connectivity index (χ3n) is 2.80. The molecule has 5 heteroatoms. The van der Waals surface area contributed by atoms with Crippen LogP contribution in [0.2, 0.25) is 0 Å². The Kier molecular flexibility index (Phi) is 5.14. The summed E-state index contributed by atoms with van der Waals surface area (Å²) in [5.74, 6) is 0.529. The van der Waals surface area contributed by atoms with Crippen molar-refractivity contribution >= 4 is 17.6 Å². The molecule has 22 heavy (non-hydrogen) atoms. The molecule has 0 aliphatic carbocycles. The third-order valence-corrected chi connectivity index (χ3v) is 2.80. The van der Waals surface area contributed by atoms with E-state index in [1.807, 2.05) is 6.92 Å². The van der Waals surface area contributed by atoms with E-state index in [0.29, 0.717) is 23.6 Å². The first-order valence-electron chi connectivity index (χ1n) is 6.91. The Labute approximate surface area is 128 Å². The summed E-state index contributed by atoms with van der Waals surface area (Å²) in [5, 5.41) is 2.79. The van der Waals surface area contributed by atoms with Crippen LogP contribution in [0, 0.1) is 0 Å². The highest BCUT2D eigenvalue weighted by molar-refractivity contribution is 6.04. The average Bonchev–Trinajstić information content (AvgIpc) is 2.49. The minimum absolute atomic E-state index is 0.237. The van der Waals surface area contributed by atoms with Crippen LogP contribution in [-0.2, 0) is 4.79 Å².